The van der Waals surface area contributed by atoms with E-state index >= 15 is 0 Å². The van der Waals surface area contributed by atoms with E-state index in [9.17, 15) is 0 Å². The number of pyridine rings is 2. The van der Waals surface area contributed by atoms with Crippen LogP contribution < -0.4 is 0 Å². The summed E-state index contributed by atoms with van der Waals surface area (Å²) in [6.07, 6.45) is 3.60. The largest absolute Gasteiger partial charge is 0.254 e. The van der Waals surface area contributed by atoms with Crippen LogP contribution in [0.5, 0.6) is 0 Å². The smallest absolute Gasteiger partial charge is 0.0964 e. The zero-order valence-corrected chi connectivity index (χ0v) is 10.5. The van der Waals surface area contributed by atoms with Crippen LogP contribution >= 0.6 is 0 Å². The molecule has 0 unspecified atom stereocenters. The van der Waals surface area contributed by atoms with Crippen molar-refractivity contribution >= 4 is 51.4 Å². The zero-order chi connectivity index (χ0) is 9.38. The van der Waals surface area contributed by atoms with Crippen LogP contribution in [-0.2, 0) is 0 Å². The molecule has 0 saturated heterocycles. The molecule has 67 valence electrons. The monoisotopic (exact) mass is 203 g/mol. The van der Waals surface area contributed by atoms with Crippen molar-refractivity contribution < 1.29 is 0 Å². The van der Waals surface area contributed by atoms with E-state index in [0.29, 0.717) is 0 Å². The van der Waals surface area contributed by atoms with Gasteiger partial charge in [-0.15, -0.1) is 0 Å². The van der Waals surface area contributed by atoms with E-state index in [0.717, 1.165) is 21.8 Å². The maximum atomic E-state index is 4.35. The Balaban J connectivity index is 0.000000853. The second-order valence-corrected chi connectivity index (χ2v) is 3.22. The van der Waals surface area contributed by atoms with Gasteiger partial charge in [-0.1, -0.05) is 24.3 Å². The van der Waals surface area contributed by atoms with Crippen LogP contribution in [0.15, 0.2) is 48.8 Å². The SMILES string of the molecule is [Na].c1cnc2c(c1)ccc1cccnc12. The molecule has 0 N–H and O–H groups in total. The average molecular weight is 203 g/mol. The van der Waals surface area contributed by atoms with Gasteiger partial charge in [0.15, 0.2) is 0 Å². The van der Waals surface area contributed by atoms with Gasteiger partial charge < -0.3 is 0 Å². The van der Waals surface area contributed by atoms with E-state index in [2.05, 4.69) is 34.2 Å². The van der Waals surface area contributed by atoms with E-state index in [4.69, 9.17) is 0 Å². The third-order valence-corrected chi connectivity index (χ3v) is 2.34. The first kappa shape index (κ1) is 10.6. The Morgan fingerprint density at radius 2 is 1.13 bits per heavy atom. The van der Waals surface area contributed by atoms with E-state index in [1.807, 2.05) is 12.1 Å². The van der Waals surface area contributed by atoms with Crippen LogP contribution in [0.25, 0.3) is 21.8 Å². The van der Waals surface area contributed by atoms with Crippen molar-refractivity contribution in [3.05, 3.63) is 48.8 Å². The van der Waals surface area contributed by atoms with Gasteiger partial charge in [0.05, 0.1) is 11.0 Å². The van der Waals surface area contributed by atoms with Crippen LogP contribution in [0.1, 0.15) is 0 Å². The number of nitrogens with zero attached hydrogens (tertiary/aromatic N) is 2. The van der Waals surface area contributed by atoms with Crippen LogP contribution in [0.3, 0.4) is 0 Å². The number of rotatable bonds is 0. The molecule has 2 nitrogen and oxygen atoms in total. The fourth-order valence-electron chi connectivity index (χ4n) is 1.68. The quantitative estimate of drug-likeness (QED) is 0.414. The van der Waals surface area contributed by atoms with Gasteiger partial charge in [-0.2, -0.15) is 0 Å². The molecule has 0 spiro atoms. The molecule has 2 aromatic heterocycles. The molecular weight excluding hydrogens is 195 g/mol. The molecular formula is C12H8N2Na. The molecule has 3 aromatic rings. The summed E-state index contributed by atoms with van der Waals surface area (Å²) in [7, 11) is 0. The maximum absolute atomic E-state index is 4.35. The van der Waals surface area contributed by atoms with Crippen molar-refractivity contribution in [1.82, 2.24) is 9.97 Å². The Morgan fingerprint density at radius 1 is 0.667 bits per heavy atom. The standard InChI is InChI=1S/C12H8N2.Na/c1-3-9-5-6-10-4-2-8-14-12(10)11(9)13-7-1;/h1-8H;. The summed E-state index contributed by atoms with van der Waals surface area (Å²) in [5.74, 6) is 0. The summed E-state index contributed by atoms with van der Waals surface area (Å²) in [5.41, 5.74) is 1.95. The minimum Gasteiger partial charge on any atom is -0.254 e. The Kier molecular flexibility index (Phi) is 3.00. The van der Waals surface area contributed by atoms with Crippen molar-refractivity contribution in [2.75, 3.05) is 0 Å². The predicted molar refractivity (Wildman–Crippen MR) is 62.8 cm³/mol. The first-order valence-electron chi connectivity index (χ1n) is 4.53. The fraction of sp³-hybridized carbons (Fsp3) is 0. The molecule has 3 rings (SSSR count). The van der Waals surface area contributed by atoms with Crippen molar-refractivity contribution in [3.8, 4) is 0 Å². The normalized spacial score (nSPS) is 10.1. The van der Waals surface area contributed by atoms with Gasteiger partial charge in [0.25, 0.3) is 0 Å². The van der Waals surface area contributed by atoms with Gasteiger partial charge in [-0.05, 0) is 12.1 Å². The zero-order valence-electron chi connectivity index (χ0n) is 8.51. The molecule has 0 aliphatic rings. The molecule has 3 heteroatoms. The van der Waals surface area contributed by atoms with Crippen LogP contribution in [0.4, 0.5) is 0 Å². The summed E-state index contributed by atoms with van der Waals surface area (Å²) < 4.78 is 0. The minimum absolute atomic E-state index is 0. The molecule has 15 heavy (non-hydrogen) atoms. The molecule has 0 saturated carbocycles. The Labute approximate surface area is 110 Å². The molecule has 1 radical (unpaired) electrons. The second kappa shape index (κ2) is 4.27. The molecule has 1 aromatic carbocycles. The van der Waals surface area contributed by atoms with Crippen molar-refractivity contribution in [3.63, 3.8) is 0 Å². The van der Waals surface area contributed by atoms with Crippen molar-refractivity contribution in [1.29, 1.82) is 0 Å². The predicted octanol–water partition coefficient (Wildman–Crippen LogP) is 2.40. The minimum atomic E-state index is 0. The summed E-state index contributed by atoms with van der Waals surface area (Å²) in [6.45, 7) is 0. The maximum Gasteiger partial charge on any atom is 0.0964 e. The van der Waals surface area contributed by atoms with E-state index < -0.39 is 0 Å². The first-order valence-corrected chi connectivity index (χ1v) is 4.53. The molecule has 0 atom stereocenters. The molecule has 0 fully saturated rings. The third-order valence-electron chi connectivity index (χ3n) is 2.34. The summed E-state index contributed by atoms with van der Waals surface area (Å²) >= 11 is 0. The number of hydrogen-bond donors (Lipinski definition) is 0. The Morgan fingerprint density at radius 3 is 1.60 bits per heavy atom. The molecule has 0 aliphatic heterocycles. The number of benzene rings is 1. The van der Waals surface area contributed by atoms with Gasteiger partial charge >= 0.3 is 0 Å². The van der Waals surface area contributed by atoms with Gasteiger partial charge in [0.1, 0.15) is 0 Å². The summed E-state index contributed by atoms with van der Waals surface area (Å²) in [4.78, 5) is 8.69. The summed E-state index contributed by atoms with van der Waals surface area (Å²) in [5, 5.41) is 2.28. The Hall–Kier alpha value is -0.960. The molecule has 0 aliphatic carbocycles. The van der Waals surface area contributed by atoms with Gasteiger partial charge in [-0.3, -0.25) is 9.97 Å². The molecule has 2 heterocycles. The van der Waals surface area contributed by atoms with Crippen molar-refractivity contribution in [2.45, 2.75) is 0 Å². The molecule has 0 bridgehead atoms. The van der Waals surface area contributed by atoms with Crippen LogP contribution in [0, 0.1) is 0 Å². The number of fused-ring (bicyclic) bond motifs is 3. The summed E-state index contributed by atoms with van der Waals surface area (Å²) in [6, 6.07) is 12.1. The topological polar surface area (TPSA) is 25.8 Å². The number of hydrogen-bond acceptors (Lipinski definition) is 2. The second-order valence-electron chi connectivity index (χ2n) is 3.22. The van der Waals surface area contributed by atoms with E-state index in [-0.39, 0.29) is 29.6 Å². The fourth-order valence-corrected chi connectivity index (χ4v) is 1.68. The average Bonchev–Trinajstić information content (AvgIpc) is 2.29. The van der Waals surface area contributed by atoms with Gasteiger partial charge in [0, 0.05) is 52.7 Å². The Bertz CT molecular complexity index is 553. The van der Waals surface area contributed by atoms with E-state index in [1.54, 1.807) is 12.4 Å². The molecule has 0 amide bonds. The third kappa shape index (κ3) is 1.76. The van der Waals surface area contributed by atoms with Crippen LogP contribution in [0.2, 0.25) is 0 Å². The van der Waals surface area contributed by atoms with Gasteiger partial charge in [0.2, 0.25) is 0 Å². The number of aromatic nitrogens is 2. The first-order chi connectivity index (χ1) is 6.95. The van der Waals surface area contributed by atoms with Gasteiger partial charge in [-0.25, -0.2) is 0 Å². The van der Waals surface area contributed by atoms with E-state index in [1.165, 1.54) is 0 Å². The van der Waals surface area contributed by atoms with Crippen LogP contribution in [-0.4, -0.2) is 39.5 Å². The van der Waals surface area contributed by atoms with Crippen molar-refractivity contribution in [2.24, 2.45) is 0 Å².